The first-order valence-corrected chi connectivity index (χ1v) is 8.01. The predicted molar refractivity (Wildman–Crippen MR) is 74.1 cm³/mol. The minimum Gasteiger partial charge on any atom is -0.472 e. The summed E-state index contributed by atoms with van der Waals surface area (Å²) >= 11 is 0. The van der Waals surface area contributed by atoms with Gasteiger partial charge in [0.1, 0.15) is 17.0 Å². The zero-order valence-corrected chi connectivity index (χ0v) is 12.3. The van der Waals surface area contributed by atoms with Crippen LogP contribution in [0.15, 0.2) is 46.1 Å². The van der Waals surface area contributed by atoms with Crippen LogP contribution in [0.25, 0.3) is 0 Å². The van der Waals surface area contributed by atoms with Crippen LogP contribution >= 0.6 is 0 Å². The van der Waals surface area contributed by atoms with Crippen molar-refractivity contribution in [3.63, 3.8) is 0 Å². The second kappa shape index (κ2) is 5.69. The van der Waals surface area contributed by atoms with E-state index in [1.54, 1.807) is 6.92 Å². The molecule has 112 valence electrons. The number of benzene rings is 1. The molecule has 0 spiro atoms. The summed E-state index contributed by atoms with van der Waals surface area (Å²) in [4.78, 5) is 11.5. The smallest absolute Gasteiger partial charge is 0.255 e. The van der Waals surface area contributed by atoms with Crippen molar-refractivity contribution in [2.45, 2.75) is 17.9 Å². The first kappa shape index (κ1) is 15.2. The molecule has 0 aliphatic carbocycles. The molecular formula is C14H14FNO4S. The number of halogens is 1. The molecule has 0 aliphatic heterocycles. The largest absolute Gasteiger partial charge is 0.472 e. The Morgan fingerprint density at radius 2 is 2.05 bits per heavy atom. The van der Waals surface area contributed by atoms with Crippen LogP contribution in [0.4, 0.5) is 4.39 Å². The number of rotatable bonds is 4. The van der Waals surface area contributed by atoms with E-state index in [1.165, 1.54) is 30.7 Å². The molecule has 2 rings (SSSR count). The van der Waals surface area contributed by atoms with E-state index in [1.807, 2.05) is 0 Å². The molecule has 0 aliphatic rings. The Bertz CT molecular complexity index is 753. The number of sulfone groups is 1. The predicted octanol–water partition coefficient (Wildman–Crippen LogP) is 2.31. The van der Waals surface area contributed by atoms with Crippen molar-refractivity contribution in [1.29, 1.82) is 0 Å². The molecule has 1 amide bonds. The molecule has 1 aromatic heterocycles. The van der Waals surface area contributed by atoms with Gasteiger partial charge in [-0.1, -0.05) is 6.07 Å². The maximum Gasteiger partial charge on any atom is 0.255 e. The van der Waals surface area contributed by atoms with Crippen molar-refractivity contribution in [3.05, 3.63) is 53.7 Å². The van der Waals surface area contributed by atoms with Gasteiger partial charge in [-0.3, -0.25) is 4.79 Å². The van der Waals surface area contributed by atoms with E-state index < -0.39 is 21.7 Å². The van der Waals surface area contributed by atoms with Crippen LogP contribution in [0, 0.1) is 5.82 Å². The van der Waals surface area contributed by atoms with Gasteiger partial charge in [0.25, 0.3) is 5.91 Å². The van der Waals surface area contributed by atoms with Gasteiger partial charge in [0, 0.05) is 6.26 Å². The van der Waals surface area contributed by atoms with E-state index in [0.717, 1.165) is 12.3 Å². The van der Waals surface area contributed by atoms with Crippen LogP contribution in [0.5, 0.6) is 0 Å². The highest BCUT2D eigenvalue weighted by Crippen LogP contribution is 2.20. The summed E-state index contributed by atoms with van der Waals surface area (Å²) in [6.45, 7) is 1.67. The third kappa shape index (κ3) is 3.49. The van der Waals surface area contributed by atoms with Crippen molar-refractivity contribution < 1.29 is 22.0 Å². The monoisotopic (exact) mass is 311 g/mol. The van der Waals surface area contributed by atoms with Gasteiger partial charge in [0.2, 0.25) is 0 Å². The Morgan fingerprint density at radius 1 is 1.33 bits per heavy atom. The maximum absolute atomic E-state index is 13.8. The second-order valence-corrected chi connectivity index (χ2v) is 6.65. The first-order chi connectivity index (χ1) is 9.79. The maximum atomic E-state index is 13.8. The van der Waals surface area contributed by atoms with Gasteiger partial charge < -0.3 is 9.73 Å². The Balaban J connectivity index is 2.19. The van der Waals surface area contributed by atoms with Gasteiger partial charge in [-0.05, 0) is 30.7 Å². The summed E-state index contributed by atoms with van der Waals surface area (Å²) in [6.07, 6.45) is 3.62. The Morgan fingerprint density at radius 3 is 2.57 bits per heavy atom. The van der Waals surface area contributed by atoms with Crippen LogP contribution in [-0.2, 0) is 9.84 Å². The van der Waals surface area contributed by atoms with Crippen LogP contribution in [0.3, 0.4) is 0 Å². The number of hydrogen-bond donors (Lipinski definition) is 1. The molecule has 1 atom stereocenters. The van der Waals surface area contributed by atoms with Crippen LogP contribution in [-0.4, -0.2) is 20.6 Å². The molecule has 7 heteroatoms. The number of amides is 1. The molecule has 5 nitrogen and oxygen atoms in total. The van der Waals surface area contributed by atoms with E-state index in [0.29, 0.717) is 11.1 Å². The van der Waals surface area contributed by atoms with Crippen LogP contribution in [0.2, 0.25) is 0 Å². The van der Waals surface area contributed by atoms with Crippen molar-refractivity contribution >= 4 is 15.7 Å². The lowest BCUT2D eigenvalue weighted by Gasteiger charge is -2.14. The SMILES string of the molecule is C[C@@H](NC(=O)c1ccoc1)c1ccc(S(C)(=O)=O)c(F)c1. The number of furan rings is 1. The number of hydrogen-bond acceptors (Lipinski definition) is 4. The Kier molecular flexibility index (Phi) is 4.13. The zero-order valence-electron chi connectivity index (χ0n) is 11.5. The van der Waals surface area contributed by atoms with E-state index in [2.05, 4.69) is 5.32 Å². The van der Waals surface area contributed by atoms with Gasteiger partial charge in [-0.15, -0.1) is 0 Å². The lowest BCUT2D eigenvalue weighted by molar-refractivity contribution is 0.0939. The molecule has 0 radical (unpaired) electrons. The van der Waals surface area contributed by atoms with Crippen LogP contribution < -0.4 is 5.32 Å². The minimum atomic E-state index is -3.61. The Labute approximate surface area is 121 Å². The van der Waals surface area contributed by atoms with Gasteiger partial charge in [-0.25, -0.2) is 12.8 Å². The van der Waals surface area contributed by atoms with E-state index in [4.69, 9.17) is 4.42 Å². The summed E-state index contributed by atoms with van der Waals surface area (Å²) in [6, 6.07) is 4.81. The molecule has 1 N–H and O–H groups in total. The average molecular weight is 311 g/mol. The summed E-state index contributed by atoms with van der Waals surface area (Å²) in [5.74, 6) is -1.19. The lowest BCUT2D eigenvalue weighted by atomic mass is 10.1. The number of carbonyl (C=O) groups is 1. The summed E-state index contributed by atoms with van der Waals surface area (Å²) < 4.78 is 41.3. The standard InChI is InChI=1S/C14H14FNO4S/c1-9(16-14(17)11-5-6-20-8-11)10-3-4-13(12(15)7-10)21(2,18)19/h3-9H,1-2H3,(H,16,17)/t9-/m1/s1. The van der Waals surface area contributed by atoms with Crippen molar-refractivity contribution in [2.24, 2.45) is 0 Å². The van der Waals surface area contributed by atoms with Gasteiger partial charge >= 0.3 is 0 Å². The fourth-order valence-electron chi connectivity index (χ4n) is 1.84. The summed E-state index contributed by atoms with van der Waals surface area (Å²) in [7, 11) is -3.61. The van der Waals surface area contributed by atoms with Gasteiger partial charge in [-0.2, -0.15) is 0 Å². The quantitative estimate of drug-likeness (QED) is 0.940. The number of carbonyl (C=O) groups excluding carboxylic acids is 1. The van der Waals surface area contributed by atoms with E-state index in [9.17, 15) is 17.6 Å². The highest BCUT2D eigenvalue weighted by atomic mass is 32.2. The average Bonchev–Trinajstić information content (AvgIpc) is 2.90. The van der Waals surface area contributed by atoms with Gasteiger partial charge in [0.15, 0.2) is 9.84 Å². The topological polar surface area (TPSA) is 76.4 Å². The van der Waals surface area contributed by atoms with E-state index in [-0.39, 0.29) is 10.8 Å². The molecule has 0 saturated carbocycles. The van der Waals surface area contributed by atoms with Crippen molar-refractivity contribution in [1.82, 2.24) is 5.32 Å². The molecule has 0 unspecified atom stereocenters. The zero-order chi connectivity index (χ0) is 15.6. The molecule has 2 aromatic rings. The lowest BCUT2D eigenvalue weighted by Crippen LogP contribution is -2.26. The molecule has 21 heavy (non-hydrogen) atoms. The summed E-state index contributed by atoms with van der Waals surface area (Å²) in [5.41, 5.74) is 0.826. The molecule has 0 saturated heterocycles. The number of nitrogens with one attached hydrogen (secondary N) is 1. The van der Waals surface area contributed by atoms with Crippen LogP contribution in [0.1, 0.15) is 28.9 Å². The van der Waals surface area contributed by atoms with Crippen molar-refractivity contribution in [2.75, 3.05) is 6.26 Å². The molecule has 0 fully saturated rings. The summed E-state index contributed by atoms with van der Waals surface area (Å²) in [5, 5.41) is 2.67. The highest BCUT2D eigenvalue weighted by molar-refractivity contribution is 7.90. The Hall–Kier alpha value is -2.15. The highest BCUT2D eigenvalue weighted by Gasteiger charge is 2.17. The third-order valence-electron chi connectivity index (χ3n) is 2.99. The molecule has 0 bridgehead atoms. The first-order valence-electron chi connectivity index (χ1n) is 6.11. The molecule has 1 aromatic carbocycles. The normalized spacial score (nSPS) is 12.9. The fraction of sp³-hybridized carbons (Fsp3) is 0.214. The fourth-order valence-corrected chi connectivity index (χ4v) is 2.57. The van der Waals surface area contributed by atoms with Gasteiger partial charge in [0.05, 0.1) is 17.9 Å². The van der Waals surface area contributed by atoms with E-state index >= 15 is 0 Å². The second-order valence-electron chi connectivity index (χ2n) is 4.67. The third-order valence-corrected chi connectivity index (χ3v) is 4.12. The van der Waals surface area contributed by atoms with Crippen molar-refractivity contribution in [3.8, 4) is 0 Å². The minimum absolute atomic E-state index is 0.357. The molecule has 1 heterocycles. The molecular weight excluding hydrogens is 297 g/mol.